The number of nitrogens with two attached hydrogens (primary N) is 1. The molecule has 0 saturated carbocycles. The molecule has 2 N–H and O–H groups in total. The van der Waals surface area contributed by atoms with E-state index in [1.165, 1.54) is 0 Å². The summed E-state index contributed by atoms with van der Waals surface area (Å²) in [5, 5.41) is 0. The zero-order valence-corrected chi connectivity index (χ0v) is 14.1. The summed E-state index contributed by atoms with van der Waals surface area (Å²) in [6, 6.07) is 0. The van der Waals surface area contributed by atoms with Gasteiger partial charge in [0, 0.05) is 32.8 Å². The van der Waals surface area contributed by atoms with Gasteiger partial charge in [0.15, 0.2) is 0 Å². The minimum Gasteiger partial charge on any atom is -0.492 e. The van der Waals surface area contributed by atoms with E-state index in [-0.39, 0.29) is 6.17 Å². The molecule has 6 heteroatoms. The van der Waals surface area contributed by atoms with Crippen molar-refractivity contribution in [2.75, 3.05) is 59.6 Å². The number of ether oxygens (including phenoxy) is 2. The van der Waals surface area contributed by atoms with Gasteiger partial charge in [0.2, 0.25) is 0 Å². The summed E-state index contributed by atoms with van der Waals surface area (Å²) in [6.45, 7) is 11.5. The number of allylic oxidation sites excluding steroid dienone is 1. The lowest BCUT2D eigenvalue weighted by Gasteiger charge is -2.38. The first-order chi connectivity index (χ1) is 10.7. The first kappa shape index (κ1) is 17.1. The van der Waals surface area contributed by atoms with Gasteiger partial charge in [-0.05, 0) is 19.2 Å². The van der Waals surface area contributed by atoms with E-state index in [0.717, 1.165) is 57.5 Å². The standard InChI is InChI=1S/C16H30N4O2/c1-4-20(5-2)16-13-14(12-15(17)18(16)3)22-11-8-19-6-9-21-10-7-19/h12-13,16H,4-11,17H2,1-3H3. The number of nitrogens with zero attached hydrogens (tertiary/aromatic N) is 3. The van der Waals surface area contributed by atoms with Gasteiger partial charge in [-0.15, -0.1) is 0 Å². The third-order valence-electron chi connectivity index (χ3n) is 4.37. The summed E-state index contributed by atoms with van der Waals surface area (Å²) >= 11 is 0. The molecule has 0 amide bonds. The highest BCUT2D eigenvalue weighted by Crippen LogP contribution is 2.19. The Morgan fingerprint density at radius 1 is 1.32 bits per heavy atom. The van der Waals surface area contributed by atoms with Crippen molar-refractivity contribution in [3.63, 3.8) is 0 Å². The summed E-state index contributed by atoms with van der Waals surface area (Å²) < 4.78 is 11.3. The highest BCUT2D eigenvalue weighted by atomic mass is 16.5. The van der Waals surface area contributed by atoms with E-state index >= 15 is 0 Å². The topological polar surface area (TPSA) is 54.2 Å². The average molecular weight is 310 g/mol. The van der Waals surface area contributed by atoms with Crippen LogP contribution in [0, 0.1) is 0 Å². The van der Waals surface area contributed by atoms with Crippen molar-refractivity contribution >= 4 is 0 Å². The maximum atomic E-state index is 6.13. The Morgan fingerprint density at radius 2 is 2.00 bits per heavy atom. The molecule has 2 rings (SSSR count). The molecule has 1 unspecified atom stereocenters. The molecule has 2 aliphatic rings. The van der Waals surface area contributed by atoms with Crippen LogP contribution in [-0.4, -0.2) is 80.5 Å². The highest BCUT2D eigenvalue weighted by molar-refractivity contribution is 5.24. The highest BCUT2D eigenvalue weighted by Gasteiger charge is 2.24. The van der Waals surface area contributed by atoms with Gasteiger partial charge >= 0.3 is 0 Å². The van der Waals surface area contributed by atoms with Crippen molar-refractivity contribution in [3.05, 3.63) is 23.7 Å². The van der Waals surface area contributed by atoms with Gasteiger partial charge in [0.25, 0.3) is 0 Å². The van der Waals surface area contributed by atoms with Crippen LogP contribution in [0.3, 0.4) is 0 Å². The van der Waals surface area contributed by atoms with E-state index < -0.39 is 0 Å². The fraction of sp³-hybridized carbons (Fsp3) is 0.750. The van der Waals surface area contributed by atoms with Crippen LogP contribution in [-0.2, 0) is 9.47 Å². The molecule has 0 aromatic carbocycles. The lowest BCUT2D eigenvalue weighted by molar-refractivity contribution is 0.0274. The van der Waals surface area contributed by atoms with Crippen LogP contribution in [0.25, 0.3) is 0 Å². The normalized spacial score (nSPS) is 23.5. The predicted octanol–water partition coefficient (Wildman–Crippen LogP) is 0.633. The van der Waals surface area contributed by atoms with Crippen molar-refractivity contribution in [1.29, 1.82) is 0 Å². The second kappa shape index (κ2) is 8.41. The number of likely N-dealkylation sites (N-methyl/N-ethyl adjacent to an activating group) is 2. The number of hydrogen-bond donors (Lipinski definition) is 1. The molecule has 1 atom stereocenters. The van der Waals surface area contributed by atoms with Gasteiger partial charge in [-0.25, -0.2) is 0 Å². The molecule has 2 aliphatic heterocycles. The predicted molar refractivity (Wildman–Crippen MR) is 88.0 cm³/mol. The second-order valence-electron chi connectivity index (χ2n) is 5.69. The minimum absolute atomic E-state index is 0.165. The largest absolute Gasteiger partial charge is 0.492 e. The van der Waals surface area contributed by atoms with Crippen LogP contribution in [0.5, 0.6) is 0 Å². The molecule has 126 valence electrons. The Balaban J connectivity index is 1.89. The summed E-state index contributed by atoms with van der Waals surface area (Å²) in [4.78, 5) is 6.81. The molecule has 22 heavy (non-hydrogen) atoms. The molecule has 0 radical (unpaired) electrons. The van der Waals surface area contributed by atoms with E-state index in [1.807, 2.05) is 13.1 Å². The van der Waals surface area contributed by atoms with Gasteiger partial charge in [0.1, 0.15) is 24.4 Å². The van der Waals surface area contributed by atoms with E-state index in [2.05, 4.69) is 34.6 Å². The van der Waals surface area contributed by atoms with Crippen LogP contribution < -0.4 is 5.73 Å². The average Bonchev–Trinajstić information content (AvgIpc) is 2.54. The molecule has 1 saturated heterocycles. The fourth-order valence-corrected chi connectivity index (χ4v) is 2.86. The van der Waals surface area contributed by atoms with Gasteiger partial charge in [0.05, 0.1) is 13.2 Å². The lowest BCUT2D eigenvalue weighted by atomic mass is 10.2. The Morgan fingerprint density at radius 3 is 2.64 bits per heavy atom. The van der Waals surface area contributed by atoms with E-state index in [1.54, 1.807) is 0 Å². The van der Waals surface area contributed by atoms with Crippen LogP contribution >= 0.6 is 0 Å². The molecule has 6 nitrogen and oxygen atoms in total. The number of hydrogen-bond acceptors (Lipinski definition) is 6. The quantitative estimate of drug-likeness (QED) is 0.744. The SMILES string of the molecule is CCN(CC)C1C=C(OCCN2CCOCC2)C=C(N)N1C. The summed E-state index contributed by atoms with van der Waals surface area (Å²) in [5.41, 5.74) is 6.13. The zero-order chi connectivity index (χ0) is 15.9. The van der Waals surface area contributed by atoms with E-state index in [0.29, 0.717) is 6.61 Å². The molecular weight excluding hydrogens is 280 g/mol. The van der Waals surface area contributed by atoms with Crippen molar-refractivity contribution in [2.24, 2.45) is 5.73 Å². The van der Waals surface area contributed by atoms with Crippen molar-refractivity contribution in [3.8, 4) is 0 Å². The molecule has 1 fully saturated rings. The van der Waals surface area contributed by atoms with E-state index in [4.69, 9.17) is 15.2 Å². The molecule has 0 aliphatic carbocycles. The molecule has 0 spiro atoms. The van der Waals surface area contributed by atoms with Crippen LogP contribution in [0.1, 0.15) is 13.8 Å². The summed E-state index contributed by atoms with van der Waals surface area (Å²) in [6.07, 6.45) is 4.24. The summed E-state index contributed by atoms with van der Waals surface area (Å²) in [5.74, 6) is 1.63. The zero-order valence-electron chi connectivity index (χ0n) is 14.1. The van der Waals surface area contributed by atoms with Crippen molar-refractivity contribution in [2.45, 2.75) is 20.0 Å². The molecule has 0 bridgehead atoms. The molecule has 0 aromatic heterocycles. The van der Waals surface area contributed by atoms with Crippen LogP contribution in [0.15, 0.2) is 23.7 Å². The van der Waals surface area contributed by atoms with Gasteiger partial charge in [-0.2, -0.15) is 0 Å². The first-order valence-corrected chi connectivity index (χ1v) is 8.24. The maximum absolute atomic E-state index is 6.13. The second-order valence-corrected chi connectivity index (χ2v) is 5.69. The number of rotatable bonds is 7. The molecular formula is C16H30N4O2. The fourth-order valence-electron chi connectivity index (χ4n) is 2.86. The van der Waals surface area contributed by atoms with Crippen molar-refractivity contribution in [1.82, 2.24) is 14.7 Å². The Bertz CT molecular complexity index is 401. The lowest BCUT2D eigenvalue weighted by Crippen LogP contribution is -2.48. The van der Waals surface area contributed by atoms with Gasteiger partial charge in [-0.3, -0.25) is 9.80 Å². The summed E-state index contributed by atoms with van der Waals surface area (Å²) in [7, 11) is 2.02. The van der Waals surface area contributed by atoms with Crippen LogP contribution in [0.4, 0.5) is 0 Å². The Labute approximate surface area is 134 Å². The van der Waals surface area contributed by atoms with Gasteiger partial charge in [-0.1, -0.05) is 13.8 Å². The monoisotopic (exact) mass is 310 g/mol. The van der Waals surface area contributed by atoms with Crippen LogP contribution in [0.2, 0.25) is 0 Å². The van der Waals surface area contributed by atoms with E-state index in [9.17, 15) is 0 Å². The first-order valence-electron chi connectivity index (χ1n) is 8.24. The maximum Gasteiger partial charge on any atom is 0.122 e. The number of morpholine rings is 1. The van der Waals surface area contributed by atoms with Crippen molar-refractivity contribution < 1.29 is 9.47 Å². The Kier molecular flexibility index (Phi) is 6.54. The third kappa shape index (κ3) is 4.38. The van der Waals surface area contributed by atoms with Gasteiger partial charge < -0.3 is 20.1 Å². The minimum atomic E-state index is 0.165. The smallest absolute Gasteiger partial charge is 0.122 e. The third-order valence-corrected chi connectivity index (χ3v) is 4.37. The Hall–Kier alpha value is -1.24. The molecule has 2 heterocycles. The molecule has 0 aromatic rings.